The van der Waals surface area contributed by atoms with Gasteiger partial charge in [-0.25, -0.2) is 9.78 Å². The van der Waals surface area contributed by atoms with Crippen LogP contribution < -0.4 is 10.2 Å². The number of carbonyl (C=O) groups excluding carboxylic acids is 1. The van der Waals surface area contributed by atoms with Gasteiger partial charge in [0.05, 0.1) is 17.8 Å². The molecule has 1 fully saturated rings. The number of methoxy groups -OCH3 is 1. The summed E-state index contributed by atoms with van der Waals surface area (Å²) in [5, 5.41) is 3.07. The number of benzene rings is 2. The number of amides is 2. The van der Waals surface area contributed by atoms with Crippen molar-refractivity contribution in [3.63, 3.8) is 0 Å². The van der Waals surface area contributed by atoms with Crippen molar-refractivity contribution in [2.75, 3.05) is 44.5 Å². The third-order valence-corrected chi connectivity index (χ3v) is 6.80. The van der Waals surface area contributed by atoms with Crippen LogP contribution in [-0.2, 0) is 11.3 Å². The zero-order chi connectivity index (χ0) is 27.1. The average Bonchev–Trinajstić information content (AvgIpc) is 3.35. The van der Waals surface area contributed by atoms with Gasteiger partial charge in [0.15, 0.2) is 0 Å². The molecule has 1 aliphatic heterocycles. The van der Waals surface area contributed by atoms with Crippen LogP contribution in [0.2, 0.25) is 4.87 Å². The summed E-state index contributed by atoms with van der Waals surface area (Å²) in [4.78, 5) is 24.3. The van der Waals surface area contributed by atoms with Gasteiger partial charge in [0.25, 0.3) is 0 Å². The van der Waals surface area contributed by atoms with Gasteiger partial charge in [0.1, 0.15) is 5.82 Å². The molecule has 1 atom stereocenters. The van der Waals surface area contributed by atoms with E-state index in [9.17, 15) is 4.79 Å². The van der Waals surface area contributed by atoms with Crippen LogP contribution in [0, 0.1) is 0 Å². The molecular formula is C30H36N5O2Sb. The second-order valence-electron chi connectivity index (χ2n) is 9.56. The Labute approximate surface area is 239 Å². The summed E-state index contributed by atoms with van der Waals surface area (Å²) >= 11 is 1.75. The fourth-order valence-corrected chi connectivity index (χ4v) is 4.95. The first-order valence-electron chi connectivity index (χ1n) is 12.9. The zero-order valence-corrected chi connectivity index (χ0v) is 25.1. The Hall–Kier alpha value is -3.02. The fourth-order valence-electron chi connectivity index (χ4n) is 4.95. The maximum absolute atomic E-state index is 13.1. The second-order valence-corrected chi connectivity index (χ2v) is 9.56. The summed E-state index contributed by atoms with van der Waals surface area (Å²) in [6.07, 6.45) is 4.02. The Morgan fingerprint density at radius 1 is 1.11 bits per heavy atom. The van der Waals surface area contributed by atoms with Gasteiger partial charge in [0.2, 0.25) is 0 Å². The molecule has 198 valence electrons. The van der Waals surface area contributed by atoms with Gasteiger partial charge in [-0.1, -0.05) is 24.3 Å². The van der Waals surface area contributed by atoms with Gasteiger partial charge in [-0.15, -0.1) is 0 Å². The Bertz CT molecular complexity index is 1350. The van der Waals surface area contributed by atoms with E-state index in [2.05, 4.69) is 51.1 Å². The number of urea groups is 1. The number of likely N-dealkylation sites (tertiary alicyclic amines) is 1. The Balaban J connectivity index is 0.00000164. The Kier molecular flexibility index (Phi) is 9.70. The van der Waals surface area contributed by atoms with Gasteiger partial charge in [-0.05, 0) is 60.9 Å². The molecule has 1 unspecified atom stereocenters. The minimum atomic E-state index is -0.0642. The first kappa shape index (κ1) is 28.0. The molecule has 3 heterocycles. The van der Waals surface area contributed by atoms with Crippen molar-refractivity contribution in [2.45, 2.75) is 30.2 Å². The SMILES string of the molecule is COCc1cccc(-c2nc(C3CCCN(C(=O)Nc4ccc(N(C)C)cc4)C3)n3ccccc23)c1.[CH3][Sb]. The number of nitrogens with one attached hydrogen (secondary N) is 1. The van der Waals surface area contributed by atoms with Crippen molar-refractivity contribution in [3.8, 4) is 11.3 Å². The van der Waals surface area contributed by atoms with Crippen LogP contribution in [0.3, 0.4) is 0 Å². The van der Waals surface area contributed by atoms with Gasteiger partial charge < -0.3 is 24.3 Å². The zero-order valence-electron chi connectivity index (χ0n) is 22.6. The molecule has 1 aliphatic rings. The number of anilines is 2. The molecule has 1 N–H and O–H groups in total. The first-order chi connectivity index (χ1) is 18.5. The number of nitrogens with zero attached hydrogens (tertiary/aromatic N) is 4. The maximum atomic E-state index is 13.1. The van der Waals surface area contributed by atoms with E-state index in [-0.39, 0.29) is 11.9 Å². The monoisotopic (exact) mass is 619 g/mol. The van der Waals surface area contributed by atoms with Crippen LogP contribution >= 0.6 is 0 Å². The Morgan fingerprint density at radius 3 is 2.63 bits per heavy atom. The molecule has 0 aliphatic carbocycles. The van der Waals surface area contributed by atoms with Crippen molar-refractivity contribution < 1.29 is 9.53 Å². The summed E-state index contributed by atoms with van der Waals surface area (Å²) in [7, 11) is 5.71. The van der Waals surface area contributed by atoms with E-state index in [0.717, 1.165) is 58.9 Å². The molecule has 1 saturated heterocycles. The summed E-state index contributed by atoms with van der Waals surface area (Å²) in [5.41, 5.74) is 6.13. The number of rotatable bonds is 6. The van der Waals surface area contributed by atoms with Crippen LogP contribution in [0.15, 0.2) is 72.9 Å². The van der Waals surface area contributed by atoms with Crippen molar-refractivity contribution >= 4 is 45.9 Å². The van der Waals surface area contributed by atoms with Crippen molar-refractivity contribution in [2.24, 2.45) is 0 Å². The molecule has 2 amide bonds. The van der Waals surface area contributed by atoms with Crippen LogP contribution in [0.5, 0.6) is 0 Å². The number of imidazole rings is 1. The number of fused-ring (bicyclic) bond motifs is 1. The number of ether oxygens (including phenoxy) is 1. The van der Waals surface area contributed by atoms with Gasteiger partial charge >= 0.3 is 33.9 Å². The summed E-state index contributed by atoms with van der Waals surface area (Å²) in [6.45, 7) is 1.95. The number of hydrogen-bond donors (Lipinski definition) is 1. The van der Waals surface area contributed by atoms with E-state index in [4.69, 9.17) is 9.72 Å². The summed E-state index contributed by atoms with van der Waals surface area (Å²) < 4.78 is 7.51. The number of pyridine rings is 1. The number of hydrogen-bond acceptors (Lipinski definition) is 4. The van der Waals surface area contributed by atoms with Crippen molar-refractivity contribution in [1.82, 2.24) is 14.3 Å². The van der Waals surface area contributed by atoms with Crippen LogP contribution in [0.1, 0.15) is 30.1 Å². The topological polar surface area (TPSA) is 62.1 Å². The van der Waals surface area contributed by atoms with Crippen molar-refractivity contribution in [1.29, 1.82) is 0 Å². The molecule has 8 heteroatoms. The van der Waals surface area contributed by atoms with E-state index in [1.165, 1.54) is 0 Å². The molecule has 2 aromatic heterocycles. The van der Waals surface area contributed by atoms with Crippen LogP contribution in [0.4, 0.5) is 16.2 Å². The third kappa shape index (κ3) is 6.33. The van der Waals surface area contributed by atoms with E-state index in [0.29, 0.717) is 13.2 Å². The first-order valence-corrected chi connectivity index (χ1v) is 15.4. The minimum absolute atomic E-state index is 0.0642. The number of aromatic nitrogens is 2. The molecule has 0 bridgehead atoms. The predicted molar refractivity (Wildman–Crippen MR) is 156 cm³/mol. The fraction of sp³-hybridized carbons (Fsp3) is 0.333. The molecule has 2 radical (unpaired) electrons. The molecule has 4 aromatic rings. The van der Waals surface area contributed by atoms with Crippen LogP contribution in [0.25, 0.3) is 16.8 Å². The molecule has 0 saturated carbocycles. The van der Waals surface area contributed by atoms with E-state index < -0.39 is 0 Å². The van der Waals surface area contributed by atoms with Crippen molar-refractivity contribution in [3.05, 3.63) is 84.3 Å². The molecule has 0 spiro atoms. The third-order valence-electron chi connectivity index (χ3n) is 6.80. The van der Waals surface area contributed by atoms with Gasteiger partial charge in [-0.3, -0.25) is 0 Å². The van der Waals surface area contributed by atoms with E-state index in [1.807, 2.05) is 60.3 Å². The molecule has 7 nitrogen and oxygen atoms in total. The standard InChI is InChI=1S/C29H33N5O2.CH3.Sb/c1-32(2)25-14-12-24(13-15-25)30-29(35)33-16-7-10-23(19-33)28-31-27(26-11-4-5-17-34(26)28)22-9-6-8-21(18-22)20-36-3;;/h4-6,8-9,11-15,17-18,23H,7,10,16,19-20H2,1-3H3,(H,30,35);1H3;. The average molecular weight is 620 g/mol. The number of carbonyl (C=O) groups is 1. The summed E-state index contributed by atoms with van der Waals surface area (Å²) in [6, 6.07) is 22.4. The van der Waals surface area contributed by atoms with Gasteiger partial charge in [-0.2, -0.15) is 0 Å². The second kappa shape index (κ2) is 13.2. The van der Waals surface area contributed by atoms with Crippen LogP contribution in [-0.4, -0.2) is 77.6 Å². The predicted octanol–water partition coefficient (Wildman–Crippen LogP) is 5.83. The quantitative estimate of drug-likeness (QED) is 0.276. The number of piperidine rings is 1. The normalized spacial score (nSPS) is 15.1. The van der Waals surface area contributed by atoms with E-state index >= 15 is 0 Å². The van der Waals surface area contributed by atoms with E-state index in [1.54, 1.807) is 30.1 Å². The summed E-state index contributed by atoms with van der Waals surface area (Å²) in [5.74, 6) is 1.16. The Morgan fingerprint density at radius 2 is 1.89 bits per heavy atom. The molecule has 38 heavy (non-hydrogen) atoms. The van der Waals surface area contributed by atoms with Gasteiger partial charge in [0, 0.05) is 63.3 Å². The molecule has 2 aromatic carbocycles. The molecule has 5 rings (SSSR count). The molecular weight excluding hydrogens is 584 g/mol.